The molecule has 4 N–H and O–H groups in total. The molecule has 2 saturated heterocycles. The van der Waals surface area contributed by atoms with Crippen molar-refractivity contribution in [1.82, 2.24) is 14.9 Å². The van der Waals surface area contributed by atoms with Crippen molar-refractivity contribution in [3.8, 4) is 5.88 Å². The van der Waals surface area contributed by atoms with Gasteiger partial charge in [0.25, 0.3) is 0 Å². The van der Waals surface area contributed by atoms with E-state index in [0.717, 1.165) is 32.8 Å². The predicted octanol–water partition coefficient (Wildman–Crippen LogP) is 1.25. The molecule has 0 radical (unpaired) electrons. The fraction of sp³-hybridized carbons (Fsp3) is 0.476. The van der Waals surface area contributed by atoms with Crippen LogP contribution in [0.15, 0.2) is 30.3 Å². The van der Waals surface area contributed by atoms with Crippen LogP contribution in [-0.4, -0.2) is 86.7 Å². The van der Waals surface area contributed by atoms with Crippen LogP contribution < -0.4 is 26.0 Å². The predicted molar refractivity (Wildman–Crippen MR) is 121 cm³/mol. The minimum absolute atomic E-state index is 0.351. The quantitative estimate of drug-likeness (QED) is 0.542. The van der Waals surface area contributed by atoms with Gasteiger partial charge in [-0.3, -0.25) is 10.2 Å². The lowest BCUT2D eigenvalue weighted by Gasteiger charge is -2.28. The zero-order valence-electron chi connectivity index (χ0n) is 18.0. The van der Waals surface area contributed by atoms with Gasteiger partial charge in [-0.05, 0) is 18.2 Å². The summed E-state index contributed by atoms with van der Waals surface area (Å²) in [6, 6.07) is 8.16. The van der Waals surface area contributed by atoms with Gasteiger partial charge in [-0.25, -0.2) is 4.79 Å². The van der Waals surface area contributed by atoms with Gasteiger partial charge in [0.2, 0.25) is 11.8 Å². The van der Waals surface area contributed by atoms with Gasteiger partial charge in [0.05, 0.1) is 26.4 Å². The summed E-state index contributed by atoms with van der Waals surface area (Å²) in [5, 5.41) is 5.52. The highest BCUT2D eigenvalue weighted by molar-refractivity contribution is 5.99. The van der Waals surface area contributed by atoms with Crippen LogP contribution in [0.25, 0.3) is 0 Å². The number of nitrogens with zero attached hydrogens (tertiary/aromatic N) is 4. The molecular weight excluding hydrogens is 414 g/mol. The SMILES string of the molecule is Nc1cccc(NC(=O)Nc2cc(OCCN3CCOCC3)nc(N3CCOCC3)n2)c1. The van der Waals surface area contributed by atoms with E-state index in [-0.39, 0.29) is 0 Å². The summed E-state index contributed by atoms with van der Waals surface area (Å²) in [7, 11) is 0. The monoisotopic (exact) mass is 443 g/mol. The molecule has 0 saturated carbocycles. The molecule has 32 heavy (non-hydrogen) atoms. The lowest BCUT2D eigenvalue weighted by molar-refractivity contribution is 0.0320. The topological polar surface area (TPSA) is 127 Å². The van der Waals surface area contributed by atoms with Crippen molar-refractivity contribution < 1.29 is 19.0 Å². The summed E-state index contributed by atoms with van der Waals surface area (Å²) in [4.78, 5) is 25.9. The van der Waals surface area contributed by atoms with Crippen molar-refractivity contribution >= 4 is 29.2 Å². The number of morpholine rings is 2. The zero-order chi connectivity index (χ0) is 22.2. The Morgan fingerprint density at radius 1 is 1.03 bits per heavy atom. The molecule has 0 spiro atoms. The van der Waals surface area contributed by atoms with Crippen molar-refractivity contribution in [1.29, 1.82) is 0 Å². The third-order valence-electron chi connectivity index (χ3n) is 5.13. The van der Waals surface area contributed by atoms with Gasteiger partial charge in [0, 0.05) is 50.2 Å². The van der Waals surface area contributed by atoms with Gasteiger partial charge in [-0.15, -0.1) is 0 Å². The van der Waals surface area contributed by atoms with E-state index in [0.29, 0.717) is 61.9 Å². The highest BCUT2D eigenvalue weighted by Crippen LogP contribution is 2.21. The standard InChI is InChI=1S/C21H29N7O4/c22-16-2-1-3-17(14-16)23-21(29)25-18-15-19(32-13-6-27-4-9-30-10-5-27)26-20(24-18)28-7-11-31-12-8-28/h1-3,14-15H,4-13,22H2,(H2,23,24,25,26,29). The number of anilines is 4. The van der Waals surface area contributed by atoms with E-state index in [2.05, 4.69) is 25.5 Å². The number of rotatable bonds is 7. The number of urea groups is 1. The summed E-state index contributed by atoms with van der Waals surface area (Å²) >= 11 is 0. The number of aromatic nitrogens is 2. The number of hydrogen-bond acceptors (Lipinski definition) is 9. The normalized spacial score (nSPS) is 17.1. The van der Waals surface area contributed by atoms with E-state index in [1.807, 2.05) is 4.90 Å². The molecule has 1 aromatic carbocycles. The first-order valence-corrected chi connectivity index (χ1v) is 10.7. The molecule has 11 nitrogen and oxygen atoms in total. The Morgan fingerprint density at radius 3 is 2.53 bits per heavy atom. The maximum absolute atomic E-state index is 12.5. The summed E-state index contributed by atoms with van der Waals surface area (Å²) in [5.41, 5.74) is 6.93. The minimum atomic E-state index is -0.429. The van der Waals surface area contributed by atoms with Crippen molar-refractivity contribution in [3.05, 3.63) is 30.3 Å². The molecule has 2 fully saturated rings. The van der Waals surface area contributed by atoms with Crippen LogP contribution in [0.4, 0.5) is 27.9 Å². The van der Waals surface area contributed by atoms with E-state index < -0.39 is 6.03 Å². The molecule has 2 aliphatic rings. The Hall–Kier alpha value is -3.15. The van der Waals surface area contributed by atoms with Gasteiger partial charge in [0.1, 0.15) is 12.4 Å². The summed E-state index contributed by atoms with van der Waals surface area (Å²) < 4.78 is 16.7. The van der Waals surface area contributed by atoms with Crippen LogP contribution >= 0.6 is 0 Å². The van der Waals surface area contributed by atoms with E-state index in [1.165, 1.54) is 0 Å². The molecule has 2 aliphatic heterocycles. The fourth-order valence-corrected chi connectivity index (χ4v) is 3.45. The van der Waals surface area contributed by atoms with Crippen LogP contribution in [0.1, 0.15) is 0 Å². The van der Waals surface area contributed by atoms with Crippen LogP contribution in [0.5, 0.6) is 5.88 Å². The fourth-order valence-electron chi connectivity index (χ4n) is 3.45. The smallest absolute Gasteiger partial charge is 0.324 e. The third kappa shape index (κ3) is 6.42. The van der Waals surface area contributed by atoms with Crippen LogP contribution in [0, 0.1) is 0 Å². The average Bonchev–Trinajstić information content (AvgIpc) is 2.80. The highest BCUT2D eigenvalue weighted by Gasteiger charge is 2.18. The maximum atomic E-state index is 12.5. The number of nitrogen functional groups attached to an aromatic ring is 1. The Kier molecular flexibility index (Phi) is 7.54. The molecule has 1 aromatic heterocycles. The van der Waals surface area contributed by atoms with Gasteiger partial charge >= 0.3 is 6.03 Å². The first-order chi connectivity index (χ1) is 15.7. The number of nitrogens with one attached hydrogen (secondary N) is 2. The summed E-state index contributed by atoms with van der Waals surface area (Å²) in [6.45, 7) is 7.07. The van der Waals surface area contributed by atoms with E-state index in [9.17, 15) is 4.79 Å². The van der Waals surface area contributed by atoms with Crippen LogP contribution in [-0.2, 0) is 9.47 Å². The number of carbonyl (C=O) groups is 1. The highest BCUT2D eigenvalue weighted by atomic mass is 16.5. The molecule has 2 aromatic rings. The van der Waals surface area contributed by atoms with Gasteiger partial charge in [-0.1, -0.05) is 6.07 Å². The van der Waals surface area contributed by atoms with E-state index in [4.69, 9.17) is 19.9 Å². The number of benzene rings is 1. The lowest BCUT2D eigenvalue weighted by atomic mass is 10.3. The van der Waals surface area contributed by atoms with Crippen molar-refractivity contribution in [2.24, 2.45) is 0 Å². The Balaban J connectivity index is 1.43. The molecule has 0 atom stereocenters. The van der Waals surface area contributed by atoms with Crippen molar-refractivity contribution in [2.45, 2.75) is 0 Å². The molecule has 0 aliphatic carbocycles. The van der Waals surface area contributed by atoms with Crippen LogP contribution in [0.2, 0.25) is 0 Å². The second-order valence-electron chi connectivity index (χ2n) is 7.50. The van der Waals surface area contributed by atoms with Gasteiger partial charge in [-0.2, -0.15) is 9.97 Å². The van der Waals surface area contributed by atoms with Crippen molar-refractivity contribution in [2.75, 3.05) is 87.0 Å². The number of nitrogens with two attached hydrogens (primary N) is 1. The van der Waals surface area contributed by atoms with Gasteiger partial charge in [0.15, 0.2) is 0 Å². The first-order valence-electron chi connectivity index (χ1n) is 10.7. The molecule has 2 amide bonds. The van der Waals surface area contributed by atoms with Crippen LogP contribution in [0.3, 0.4) is 0 Å². The molecule has 0 bridgehead atoms. The second kappa shape index (κ2) is 10.9. The number of amides is 2. The molecule has 11 heteroatoms. The summed E-state index contributed by atoms with van der Waals surface area (Å²) in [6.07, 6.45) is 0. The largest absolute Gasteiger partial charge is 0.476 e. The average molecular weight is 444 g/mol. The first kappa shape index (κ1) is 22.1. The maximum Gasteiger partial charge on any atom is 0.324 e. The second-order valence-corrected chi connectivity index (χ2v) is 7.50. The third-order valence-corrected chi connectivity index (χ3v) is 5.13. The number of ether oxygens (including phenoxy) is 3. The summed E-state index contributed by atoms with van der Waals surface area (Å²) in [5.74, 6) is 1.26. The molecule has 4 rings (SSSR count). The molecule has 0 unspecified atom stereocenters. The lowest BCUT2D eigenvalue weighted by Crippen LogP contribution is -2.39. The van der Waals surface area contributed by atoms with Gasteiger partial charge < -0.3 is 30.2 Å². The minimum Gasteiger partial charge on any atom is -0.476 e. The Labute approximate surface area is 186 Å². The zero-order valence-corrected chi connectivity index (χ0v) is 18.0. The molecule has 172 valence electrons. The Morgan fingerprint density at radius 2 is 1.78 bits per heavy atom. The van der Waals surface area contributed by atoms with E-state index in [1.54, 1.807) is 30.3 Å². The number of hydrogen-bond donors (Lipinski definition) is 3. The van der Waals surface area contributed by atoms with Crippen molar-refractivity contribution in [3.63, 3.8) is 0 Å². The molecular formula is C21H29N7O4. The Bertz CT molecular complexity index is 901. The van der Waals surface area contributed by atoms with E-state index >= 15 is 0 Å². The number of carbonyl (C=O) groups excluding carboxylic acids is 1. The molecule has 3 heterocycles.